The summed E-state index contributed by atoms with van der Waals surface area (Å²) in [5, 5.41) is 4.50. The van der Waals surface area contributed by atoms with E-state index < -0.39 is 0 Å². The van der Waals surface area contributed by atoms with Crippen LogP contribution < -0.4 is 5.32 Å². The van der Waals surface area contributed by atoms with Crippen LogP contribution in [0.5, 0.6) is 0 Å². The van der Waals surface area contributed by atoms with E-state index in [1.807, 2.05) is 12.4 Å². The van der Waals surface area contributed by atoms with Crippen LogP contribution >= 0.6 is 11.3 Å². The summed E-state index contributed by atoms with van der Waals surface area (Å²) < 4.78 is 0. The molecule has 1 aliphatic heterocycles. The molecule has 0 radical (unpaired) electrons. The van der Waals surface area contributed by atoms with Crippen molar-refractivity contribution in [2.24, 2.45) is 0 Å². The molecule has 1 saturated heterocycles. The fraction of sp³-hybridized carbons (Fsp3) is 0.429. The van der Waals surface area contributed by atoms with Gasteiger partial charge in [-0.25, -0.2) is 4.98 Å². The van der Waals surface area contributed by atoms with Crippen molar-refractivity contribution < 1.29 is 0 Å². The Kier molecular flexibility index (Phi) is 3.39. The summed E-state index contributed by atoms with van der Waals surface area (Å²) >= 11 is 1.72. The van der Waals surface area contributed by atoms with Crippen molar-refractivity contribution in [2.45, 2.75) is 25.7 Å². The molecule has 0 aliphatic carbocycles. The van der Waals surface area contributed by atoms with E-state index in [1.54, 1.807) is 11.3 Å². The Morgan fingerprint density at radius 1 is 1.28 bits per heavy atom. The molecule has 0 aromatic carbocycles. The molecule has 1 unspecified atom stereocenters. The molecule has 4 heteroatoms. The molecule has 3 nitrogen and oxygen atoms in total. The first kappa shape index (κ1) is 11.8. The number of rotatable bonds is 2. The monoisotopic (exact) mass is 259 g/mol. The highest BCUT2D eigenvalue weighted by Crippen LogP contribution is 2.26. The molecular weight excluding hydrogens is 242 g/mol. The lowest BCUT2D eigenvalue weighted by Gasteiger charge is -2.22. The molecule has 1 N–H and O–H groups in total. The van der Waals surface area contributed by atoms with Crippen LogP contribution in [0, 0.1) is 6.92 Å². The van der Waals surface area contributed by atoms with Gasteiger partial charge < -0.3 is 5.32 Å². The fourth-order valence-electron chi connectivity index (χ4n) is 2.37. The number of pyridine rings is 1. The Balaban J connectivity index is 1.80. The van der Waals surface area contributed by atoms with Crippen LogP contribution in [-0.2, 0) is 0 Å². The van der Waals surface area contributed by atoms with Crippen molar-refractivity contribution in [1.82, 2.24) is 15.3 Å². The zero-order valence-corrected chi connectivity index (χ0v) is 11.3. The third kappa shape index (κ3) is 2.44. The van der Waals surface area contributed by atoms with Crippen molar-refractivity contribution >= 4 is 11.3 Å². The maximum absolute atomic E-state index is 4.61. The lowest BCUT2D eigenvalue weighted by molar-refractivity contribution is 0.455. The van der Waals surface area contributed by atoms with Gasteiger partial charge in [-0.3, -0.25) is 4.98 Å². The average Bonchev–Trinajstić information content (AvgIpc) is 2.87. The second-order valence-electron chi connectivity index (χ2n) is 4.79. The van der Waals surface area contributed by atoms with Crippen LogP contribution in [0.3, 0.4) is 0 Å². The number of aromatic nitrogens is 2. The van der Waals surface area contributed by atoms with Crippen molar-refractivity contribution in [3.8, 4) is 10.6 Å². The highest BCUT2D eigenvalue weighted by molar-refractivity contribution is 7.14. The van der Waals surface area contributed by atoms with E-state index in [-0.39, 0.29) is 0 Å². The summed E-state index contributed by atoms with van der Waals surface area (Å²) in [6, 6.07) is 4.30. The van der Waals surface area contributed by atoms with Crippen molar-refractivity contribution in [3.05, 3.63) is 35.1 Å². The number of nitrogens with one attached hydrogen (secondary N) is 1. The number of aryl methyl sites for hydroxylation is 1. The lowest BCUT2D eigenvalue weighted by atomic mass is 9.95. The number of piperidine rings is 1. The van der Waals surface area contributed by atoms with Crippen LogP contribution in [0.1, 0.15) is 29.3 Å². The Morgan fingerprint density at radius 2 is 2.22 bits per heavy atom. The number of nitrogens with zero attached hydrogens (tertiary/aromatic N) is 2. The maximum Gasteiger partial charge on any atom is 0.125 e. The molecule has 0 amide bonds. The molecule has 18 heavy (non-hydrogen) atoms. The number of thiazole rings is 1. The van der Waals surface area contributed by atoms with Gasteiger partial charge in [-0.1, -0.05) is 0 Å². The van der Waals surface area contributed by atoms with Gasteiger partial charge in [0.05, 0.1) is 0 Å². The molecule has 0 bridgehead atoms. The van der Waals surface area contributed by atoms with Gasteiger partial charge in [0, 0.05) is 41.0 Å². The summed E-state index contributed by atoms with van der Waals surface area (Å²) in [4.78, 5) is 10.3. The van der Waals surface area contributed by atoms with Crippen molar-refractivity contribution in [2.75, 3.05) is 13.1 Å². The van der Waals surface area contributed by atoms with E-state index in [2.05, 4.69) is 34.3 Å². The zero-order valence-electron chi connectivity index (χ0n) is 10.5. The van der Waals surface area contributed by atoms with Crippen LogP contribution in [0.25, 0.3) is 10.6 Å². The largest absolute Gasteiger partial charge is 0.316 e. The molecule has 1 fully saturated rings. The van der Waals surface area contributed by atoms with Crippen LogP contribution in [0.4, 0.5) is 0 Å². The molecule has 3 rings (SSSR count). The predicted molar refractivity (Wildman–Crippen MR) is 74.9 cm³/mol. The normalized spacial score (nSPS) is 19.9. The average molecular weight is 259 g/mol. The summed E-state index contributed by atoms with van der Waals surface area (Å²) in [6.45, 7) is 4.28. The highest BCUT2D eigenvalue weighted by atomic mass is 32.1. The van der Waals surface area contributed by atoms with Gasteiger partial charge in [-0.05, 0) is 38.4 Å². The van der Waals surface area contributed by atoms with Gasteiger partial charge in [0.2, 0.25) is 0 Å². The standard InChI is InChI=1S/C14H17N3S/c1-10-7-17-14(18-10)12-4-5-13(16-9-12)11-3-2-6-15-8-11/h4-5,7,9,11,15H,2-3,6,8H2,1H3. The first-order valence-corrected chi connectivity index (χ1v) is 7.24. The molecule has 0 spiro atoms. The topological polar surface area (TPSA) is 37.8 Å². The summed E-state index contributed by atoms with van der Waals surface area (Å²) in [5.74, 6) is 0.575. The van der Waals surface area contributed by atoms with Crippen LogP contribution in [-0.4, -0.2) is 23.1 Å². The first-order chi connectivity index (χ1) is 8.83. The molecule has 2 aromatic rings. The molecule has 2 aromatic heterocycles. The zero-order chi connectivity index (χ0) is 12.4. The Bertz CT molecular complexity index is 512. The minimum Gasteiger partial charge on any atom is -0.316 e. The van der Waals surface area contributed by atoms with Crippen molar-refractivity contribution in [3.63, 3.8) is 0 Å². The van der Waals surface area contributed by atoms with Crippen LogP contribution in [0.15, 0.2) is 24.5 Å². The van der Waals surface area contributed by atoms with Crippen LogP contribution in [0.2, 0.25) is 0 Å². The van der Waals surface area contributed by atoms with Gasteiger partial charge in [0.1, 0.15) is 5.01 Å². The molecule has 94 valence electrons. The van der Waals surface area contributed by atoms with E-state index in [0.717, 1.165) is 23.7 Å². The SMILES string of the molecule is Cc1cnc(-c2ccc(C3CCCNC3)nc2)s1. The smallest absolute Gasteiger partial charge is 0.125 e. The van der Waals surface area contributed by atoms with Gasteiger partial charge in [-0.2, -0.15) is 0 Å². The van der Waals surface area contributed by atoms with E-state index in [1.165, 1.54) is 23.4 Å². The predicted octanol–water partition coefficient (Wildman–Crippen LogP) is 2.98. The highest BCUT2D eigenvalue weighted by Gasteiger charge is 2.16. The first-order valence-electron chi connectivity index (χ1n) is 6.42. The van der Waals surface area contributed by atoms with Gasteiger partial charge in [-0.15, -0.1) is 11.3 Å². The Labute approximate surface area is 111 Å². The minimum absolute atomic E-state index is 0.575. The summed E-state index contributed by atoms with van der Waals surface area (Å²) in [6.07, 6.45) is 6.37. The Morgan fingerprint density at radius 3 is 2.83 bits per heavy atom. The Hall–Kier alpha value is -1.26. The second kappa shape index (κ2) is 5.16. The van der Waals surface area contributed by atoms with E-state index in [9.17, 15) is 0 Å². The van der Waals surface area contributed by atoms with Gasteiger partial charge >= 0.3 is 0 Å². The minimum atomic E-state index is 0.575. The fourth-order valence-corrected chi connectivity index (χ4v) is 3.12. The summed E-state index contributed by atoms with van der Waals surface area (Å²) in [5.41, 5.74) is 2.33. The third-order valence-corrected chi connectivity index (χ3v) is 4.33. The number of hydrogen-bond donors (Lipinski definition) is 1. The van der Waals surface area contributed by atoms with E-state index in [0.29, 0.717) is 5.92 Å². The maximum atomic E-state index is 4.61. The molecule has 0 saturated carbocycles. The third-order valence-electron chi connectivity index (χ3n) is 3.37. The van der Waals surface area contributed by atoms with Gasteiger partial charge in [0.25, 0.3) is 0 Å². The molecule has 3 heterocycles. The van der Waals surface area contributed by atoms with Crippen molar-refractivity contribution in [1.29, 1.82) is 0 Å². The molecular formula is C14H17N3S. The summed E-state index contributed by atoms with van der Waals surface area (Å²) in [7, 11) is 0. The number of hydrogen-bond acceptors (Lipinski definition) is 4. The second-order valence-corrected chi connectivity index (χ2v) is 6.03. The molecule has 1 aliphatic rings. The van der Waals surface area contributed by atoms with E-state index >= 15 is 0 Å². The molecule has 1 atom stereocenters. The quantitative estimate of drug-likeness (QED) is 0.901. The lowest BCUT2D eigenvalue weighted by Crippen LogP contribution is -2.28. The van der Waals surface area contributed by atoms with Gasteiger partial charge in [0.15, 0.2) is 0 Å². The van der Waals surface area contributed by atoms with E-state index in [4.69, 9.17) is 0 Å².